The Bertz CT molecular complexity index is 1180. The number of phenols is 1. The fraction of sp³-hybridized carbons (Fsp3) is 0.0435. The third-order valence-corrected chi connectivity index (χ3v) is 4.95. The summed E-state index contributed by atoms with van der Waals surface area (Å²) in [5.41, 5.74) is 2.28. The number of hydrogen-bond donors (Lipinski definition) is 2. The second kappa shape index (κ2) is 5.38. The van der Waals surface area contributed by atoms with Crippen molar-refractivity contribution in [2.75, 3.05) is 5.32 Å². The number of aromatic hydroxyl groups is 1. The highest BCUT2D eigenvalue weighted by Gasteiger charge is 2.10. The molecule has 0 radical (unpaired) electrons. The molecule has 2 heteroatoms. The van der Waals surface area contributed by atoms with Gasteiger partial charge in [-0.2, -0.15) is 0 Å². The standard InChI is InChI=1S/C23H17NO/c25-19-10-4-15(5-11-19)14-24-21-13-9-18-7-6-16-2-1-3-17-8-12-20(21)23(18)22(16)17/h1-13,24-25H,14H2. The molecule has 0 fully saturated rings. The van der Waals surface area contributed by atoms with Crippen LogP contribution in [0.5, 0.6) is 5.75 Å². The van der Waals surface area contributed by atoms with Gasteiger partial charge in [-0.1, -0.05) is 60.7 Å². The van der Waals surface area contributed by atoms with Gasteiger partial charge in [0.1, 0.15) is 5.75 Å². The Morgan fingerprint density at radius 2 is 1.28 bits per heavy atom. The summed E-state index contributed by atoms with van der Waals surface area (Å²) >= 11 is 0. The summed E-state index contributed by atoms with van der Waals surface area (Å²) in [7, 11) is 0. The topological polar surface area (TPSA) is 32.3 Å². The van der Waals surface area contributed by atoms with Gasteiger partial charge in [0.2, 0.25) is 0 Å². The fourth-order valence-corrected chi connectivity index (χ4v) is 3.70. The van der Waals surface area contributed by atoms with E-state index in [0.29, 0.717) is 5.75 Å². The van der Waals surface area contributed by atoms with Crippen LogP contribution in [0.1, 0.15) is 5.56 Å². The molecular formula is C23H17NO. The molecule has 5 aromatic rings. The molecule has 0 unspecified atom stereocenters. The molecule has 25 heavy (non-hydrogen) atoms. The van der Waals surface area contributed by atoms with Gasteiger partial charge in [0.15, 0.2) is 0 Å². The van der Waals surface area contributed by atoms with Gasteiger partial charge in [0.25, 0.3) is 0 Å². The molecule has 0 aromatic heterocycles. The Balaban J connectivity index is 1.64. The monoisotopic (exact) mass is 323 g/mol. The first-order valence-corrected chi connectivity index (χ1v) is 8.48. The van der Waals surface area contributed by atoms with Crippen LogP contribution in [0.4, 0.5) is 5.69 Å². The minimum absolute atomic E-state index is 0.298. The zero-order valence-corrected chi connectivity index (χ0v) is 13.7. The molecule has 5 aromatic carbocycles. The molecule has 0 saturated heterocycles. The zero-order chi connectivity index (χ0) is 16.8. The predicted molar refractivity (Wildman–Crippen MR) is 106 cm³/mol. The molecule has 2 N–H and O–H groups in total. The van der Waals surface area contributed by atoms with Crippen molar-refractivity contribution in [2.24, 2.45) is 0 Å². The van der Waals surface area contributed by atoms with E-state index in [4.69, 9.17) is 0 Å². The average molecular weight is 323 g/mol. The molecule has 0 saturated carbocycles. The van der Waals surface area contributed by atoms with Crippen molar-refractivity contribution < 1.29 is 5.11 Å². The molecule has 2 nitrogen and oxygen atoms in total. The van der Waals surface area contributed by atoms with Crippen molar-refractivity contribution in [1.82, 2.24) is 0 Å². The third kappa shape index (κ3) is 2.26. The van der Waals surface area contributed by atoms with Crippen LogP contribution in [0, 0.1) is 0 Å². The van der Waals surface area contributed by atoms with E-state index in [1.165, 1.54) is 32.3 Å². The van der Waals surface area contributed by atoms with E-state index in [1.807, 2.05) is 12.1 Å². The molecule has 0 aliphatic carbocycles. The van der Waals surface area contributed by atoms with Crippen molar-refractivity contribution in [1.29, 1.82) is 0 Å². The van der Waals surface area contributed by atoms with E-state index < -0.39 is 0 Å². The first-order chi connectivity index (χ1) is 12.3. The first-order valence-electron chi connectivity index (χ1n) is 8.48. The summed E-state index contributed by atoms with van der Waals surface area (Å²) in [4.78, 5) is 0. The zero-order valence-electron chi connectivity index (χ0n) is 13.7. The summed E-state index contributed by atoms with van der Waals surface area (Å²) in [5.74, 6) is 0.298. The summed E-state index contributed by atoms with van der Waals surface area (Å²) in [5, 5.41) is 20.7. The maximum absolute atomic E-state index is 9.42. The number of hydrogen-bond acceptors (Lipinski definition) is 2. The van der Waals surface area contributed by atoms with Gasteiger partial charge in [-0.15, -0.1) is 0 Å². The van der Waals surface area contributed by atoms with Crippen LogP contribution in [0.2, 0.25) is 0 Å². The maximum atomic E-state index is 9.42. The van der Waals surface area contributed by atoms with Crippen LogP contribution >= 0.6 is 0 Å². The summed E-state index contributed by atoms with van der Waals surface area (Å²) in [6, 6.07) is 27.0. The highest BCUT2D eigenvalue weighted by molar-refractivity contribution is 6.25. The highest BCUT2D eigenvalue weighted by Crippen LogP contribution is 2.37. The smallest absolute Gasteiger partial charge is 0.115 e. The lowest BCUT2D eigenvalue weighted by Crippen LogP contribution is -2.00. The normalized spacial score (nSPS) is 11.5. The molecule has 0 bridgehead atoms. The van der Waals surface area contributed by atoms with Crippen molar-refractivity contribution in [3.63, 3.8) is 0 Å². The lowest BCUT2D eigenvalue weighted by molar-refractivity contribution is 0.475. The second-order valence-electron chi connectivity index (χ2n) is 6.49. The van der Waals surface area contributed by atoms with E-state index in [-0.39, 0.29) is 0 Å². The van der Waals surface area contributed by atoms with Crippen molar-refractivity contribution >= 4 is 38.0 Å². The Morgan fingerprint density at radius 3 is 2.04 bits per heavy atom. The molecule has 120 valence electrons. The van der Waals surface area contributed by atoms with E-state index in [0.717, 1.165) is 17.8 Å². The van der Waals surface area contributed by atoms with Crippen LogP contribution < -0.4 is 5.32 Å². The molecule has 0 heterocycles. The number of benzene rings is 5. The van der Waals surface area contributed by atoms with Crippen LogP contribution in [-0.2, 0) is 6.54 Å². The third-order valence-electron chi connectivity index (χ3n) is 4.95. The van der Waals surface area contributed by atoms with Gasteiger partial charge in [-0.3, -0.25) is 0 Å². The molecule has 0 spiro atoms. The van der Waals surface area contributed by atoms with Gasteiger partial charge in [0, 0.05) is 17.6 Å². The number of nitrogens with one attached hydrogen (secondary N) is 1. The van der Waals surface area contributed by atoms with E-state index in [1.54, 1.807) is 12.1 Å². The lowest BCUT2D eigenvalue weighted by Gasteiger charge is -2.15. The molecule has 5 rings (SSSR count). The van der Waals surface area contributed by atoms with E-state index in [2.05, 4.69) is 59.9 Å². The Hall–Kier alpha value is -3.26. The van der Waals surface area contributed by atoms with Crippen molar-refractivity contribution in [3.8, 4) is 5.75 Å². The highest BCUT2D eigenvalue weighted by atomic mass is 16.3. The van der Waals surface area contributed by atoms with Gasteiger partial charge in [0.05, 0.1) is 0 Å². The van der Waals surface area contributed by atoms with Crippen molar-refractivity contribution in [2.45, 2.75) is 6.54 Å². The molecular weight excluding hydrogens is 306 g/mol. The second-order valence-corrected chi connectivity index (χ2v) is 6.49. The summed E-state index contributed by atoms with van der Waals surface area (Å²) < 4.78 is 0. The van der Waals surface area contributed by atoms with Gasteiger partial charge in [-0.05, 0) is 50.7 Å². The van der Waals surface area contributed by atoms with Crippen molar-refractivity contribution in [3.05, 3.63) is 84.4 Å². The summed E-state index contributed by atoms with van der Waals surface area (Å²) in [6.07, 6.45) is 0. The molecule has 0 aliphatic heterocycles. The van der Waals surface area contributed by atoms with Crippen LogP contribution in [-0.4, -0.2) is 5.11 Å². The minimum atomic E-state index is 0.298. The molecule has 0 aliphatic rings. The van der Waals surface area contributed by atoms with Gasteiger partial charge in [-0.25, -0.2) is 0 Å². The first kappa shape index (κ1) is 14.1. The average Bonchev–Trinajstić information content (AvgIpc) is 2.66. The Kier molecular flexibility index (Phi) is 3.04. The van der Waals surface area contributed by atoms with Crippen LogP contribution in [0.15, 0.2) is 78.9 Å². The predicted octanol–water partition coefficient (Wildman–Crippen LogP) is 5.90. The maximum Gasteiger partial charge on any atom is 0.115 e. The quantitative estimate of drug-likeness (QED) is 0.405. The largest absolute Gasteiger partial charge is 0.508 e. The van der Waals surface area contributed by atoms with Gasteiger partial charge < -0.3 is 10.4 Å². The van der Waals surface area contributed by atoms with Crippen LogP contribution in [0.25, 0.3) is 32.3 Å². The SMILES string of the molecule is Oc1ccc(CNc2ccc3ccc4cccc5ccc2c3c45)cc1. The van der Waals surface area contributed by atoms with E-state index in [9.17, 15) is 5.11 Å². The number of anilines is 1. The molecule has 0 atom stereocenters. The minimum Gasteiger partial charge on any atom is -0.508 e. The fourth-order valence-electron chi connectivity index (χ4n) is 3.70. The number of rotatable bonds is 3. The Morgan fingerprint density at radius 1 is 0.640 bits per heavy atom. The van der Waals surface area contributed by atoms with E-state index >= 15 is 0 Å². The Labute approximate surface area is 145 Å². The lowest BCUT2D eigenvalue weighted by atomic mass is 9.93. The molecule has 0 amide bonds. The van der Waals surface area contributed by atoms with Gasteiger partial charge >= 0.3 is 0 Å². The number of phenolic OH excluding ortho intramolecular Hbond substituents is 1. The summed E-state index contributed by atoms with van der Waals surface area (Å²) in [6.45, 7) is 0.726. The van der Waals surface area contributed by atoms with Crippen LogP contribution in [0.3, 0.4) is 0 Å².